The Labute approximate surface area is 114 Å². The van der Waals surface area contributed by atoms with Gasteiger partial charge in [-0.2, -0.15) is 0 Å². The molecule has 0 saturated heterocycles. The highest BCUT2D eigenvalue weighted by Gasteiger charge is 2.31. The minimum atomic E-state index is -3.68. The van der Waals surface area contributed by atoms with E-state index < -0.39 is 15.6 Å². The van der Waals surface area contributed by atoms with Gasteiger partial charge in [0.2, 0.25) is 0 Å². The number of pyridine rings is 1. The molecule has 1 saturated carbocycles. The van der Waals surface area contributed by atoms with Gasteiger partial charge in [0.1, 0.15) is 9.90 Å². The second kappa shape index (κ2) is 4.50. The Kier molecular flexibility index (Phi) is 2.94. The minimum Gasteiger partial charge on any atom is -0.327 e. The average molecular weight is 296 g/mol. The number of sulfonamides is 1. The summed E-state index contributed by atoms with van der Waals surface area (Å²) in [6.45, 7) is 0. The molecule has 2 aromatic rings. The summed E-state index contributed by atoms with van der Waals surface area (Å²) in [5, 5.41) is 1.78. The number of aromatic amines is 1. The normalized spacial score (nSPS) is 15.4. The van der Waals surface area contributed by atoms with Crippen molar-refractivity contribution in [2.75, 3.05) is 4.72 Å². The van der Waals surface area contributed by atoms with Crippen LogP contribution in [0, 0.1) is 0 Å². The molecule has 19 heavy (non-hydrogen) atoms. The Balaban J connectivity index is 1.97. The van der Waals surface area contributed by atoms with E-state index in [1.165, 1.54) is 23.6 Å². The molecule has 2 heterocycles. The molecular weight excluding hydrogens is 284 g/mol. The molecule has 3 rings (SSSR count). The van der Waals surface area contributed by atoms with Crippen molar-refractivity contribution in [2.45, 2.75) is 23.0 Å². The zero-order valence-electron chi connectivity index (χ0n) is 9.92. The summed E-state index contributed by atoms with van der Waals surface area (Å²) in [4.78, 5) is 14.0. The number of aromatic nitrogens is 1. The Morgan fingerprint density at radius 3 is 2.79 bits per heavy atom. The van der Waals surface area contributed by atoms with E-state index in [0.717, 1.165) is 18.4 Å². The van der Waals surface area contributed by atoms with E-state index in [1.54, 1.807) is 11.4 Å². The first-order valence-electron chi connectivity index (χ1n) is 5.86. The van der Waals surface area contributed by atoms with Crippen LogP contribution in [0.5, 0.6) is 0 Å². The zero-order valence-corrected chi connectivity index (χ0v) is 11.6. The summed E-state index contributed by atoms with van der Waals surface area (Å²) in [5.41, 5.74) is 0.457. The molecule has 5 nitrogen and oxygen atoms in total. The molecule has 0 amide bonds. The molecule has 100 valence electrons. The van der Waals surface area contributed by atoms with Gasteiger partial charge in [0, 0.05) is 6.20 Å². The highest BCUT2D eigenvalue weighted by molar-refractivity contribution is 7.94. The zero-order chi connectivity index (χ0) is 13.5. The third kappa shape index (κ3) is 2.43. The highest BCUT2D eigenvalue weighted by Crippen LogP contribution is 2.44. The predicted octanol–water partition coefficient (Wildman–Crippen LogP) is 2.11. The number of hydrogen-bond donors (Lipinski definition) is 2. The van der Waals surface area contributed by atoms with E-state index in [4.69, 9.17) is 0 Å². The highest BCUT2D eigenvalue weighted by atomic mass is 32.2. The van der Waals surface area contributed by atoms with Crippen molar-refractivity contribution in [3.63, 3.8) is 0 Å². The van der Waals surface area contributed by atoms with Crippen LogP contribution in [0.3, 0.4) is 0 Å². The average Bonchev–Trinajstić information content (AvgIpc) is 3.09. The Morgan fingerprint density at radius 2 is 2.11 bits per heavy atom. The van der Waals surface area contributed by atoms with Gasteiger partial charge in [-0.3, -0.25) is 9.52 Å². The fourth-order valence-electron chi connectivity index (χ4n) is 1.91. The van der Waals surface area contributed by atoms with Gasteiger partial charge in [-0.25, -0.2) is 8.42 Å². The largest absolute Gasteiger partial charge is 0.327 e. The molecular formula is C12H12N2O3S2. The van der Waals surface area contributed by atoms with Crippen LogP contribution in [-0.4, -0.2) is 13.4 Å². The van der Waals surface area contributed by atoms with E-state index in [1.807, 2.05) is 6.07 Å². The van der Waals surface area contributed by atoms with Crippen LogP contribution in [0.25, 0.3) is 0 Å². The van der Waals surface area contributed by atoms with Crippen LogP contribution < -0.4 is 10.3 Å². The lowest BCUT2D eigenvalue weighted by Crippen LogP contribution is -2.19. The number of hydrogen-bond acceptors (Lipinski definition) is 4. The number of nitrogens with one attached hydrogen (secondary N) is 2. The number of H-pyrrole nitrogens is 1. The molecule has 0 radical (unpaired) electrons. The molecule has 0 spiro atoms. The lowest BCUT2D eigenvalue weighted by Gasteiger charge is -2.07. The van der Waals surface area contributed by atoms with Crippen molar-refractivity contribution in [1.29, 1.82) is 0 Å². The third-order valence-corrected chi connectivity index (χ3v) is 5.86. The molecule has 2 aromatic heterocycles. The van der Waals surface area contributed by atoms with Crippen molar-refractivity contribution >= 4 is 27.0 Å². The van der Waals surface area contributed by atoms with Gasteiger partial charge < -0.3 is 4.98 Å². The monoisotopic (exact) mass is 296 g/mol. The smallest absolute Gasteiger partial charge is 0.272 e. The molecule has 7 heteroatoms. The summed E-state index contributed by atoms with van der Waals surface area (Å²) in [6.07, 6.45) is 3.53. The molecule has 1 aliphatic rings. The molecule has 0 atom stereocenters. The SMILES string of the molecule is O=c1[nH]cccc1NS(=O)(=O)c1sccc1C1CC1. The molecule has 1 fully saturated rings. The maximum atomic E-state index is 12.3. The maximum absolute atomic E-state index is 12.3. The third-order valence-electron chi connectivity index (χ3n) is 2.98. The van der Waals surface area contributed by atoms with Crippen LogP contribution in [0.1, 0.15) is 24.3 Å². The van der Waals surface area contributed by atoms with Gasteiger partial charge in [-0.05, 0) is 47.9 Å². The first kappa shape index (κ1) is 12.4. The van der Waals surface area contributed by atoms with Crippen molar-refractivity contribution in [3.8, 4) is 0 Å². The number of anilines is 1. The molecule has 2 N–H and O–H groups in total. The lowest BCUT2D eigenvalue weighted by atomic mass is 10.2. The quantitative estimate of drug-likeness (QED) is 0.907. The summed E-state index contributed by atoms with van der Waals surface area (Å²) in [6, 6.07) is 4.88. The standard InChI is InChI=1S/C12H12N2O3S2/c15-11-10(2-1-6-13-11)14-19(16,17)12-9(5-7-18-12)8-3-4-8/h1-2,5-8,14H,3-4H2,(H,13,15). The van der Waals surface area contributed by atoms with Crippen molar-refractivity contribution in [3.05, 3.63) is 45.7 Å². The minimum absolute atomic E-state index is 0.0395. The fourth-order valence-corrected chi connectivity index (χ4v) is 4.51. The van der Waals surface area contributed by atoms with Gasteiger partial charge in [-0.1, -0.05) is 0 Å². The van der Waals surface area contributed by atoms with Crippen LogP contribution in [-0.2, 0) is 10.0 Å². The van der Waals surface area contributed by atoms with Gasteiger partial charge in [0.25, 0.3) is 15.6 Å². The molecule has 0 aliphatic heterocycles. The predicted molar refractivity (Wildman–Crippen MR) is 74.2 cm³/mol. The maximum Gasteiger partial charge on any atom is 0.272 e. The van der Waals surface area contributed by atoms with Crippen LogP contribution in [0.2, 0.25) is 0 Å². The summed E-state index contributed by atoms with van der Waals surface area (Å²) < 4.78 is 27.3. The first-order chi connectivity index (χ1) is 9.08. The van der Waals surface area contributed by atoms with E-state index in [-0.39, 0.29) is 5.69 Å². The van der Waals surface area contributed by atoms with Crippen LogP contribution in [0.4, 0.5) is 5.69 Å². The Bertz CT molecular complexity index is 757. The topological polar surface area (TPSA) is 79.0 Å². The number of rotatable bonds is 4. The van der Waals surface area contributed by atoms with E-state index in [2.05, 4.69) is 9.71 Å². The van der Waals surface area contributed by atoms with Gasteiger partial charge in [0.15, 0.2) is 0 Å². The van der Waals surface area contributed by atoms with E-state index >= 15 is 0 Å². The summed E-state index contributed by atoms with van der Waals surface area (Å²) >= 11 is 1.19. The van der Waals surface area contributed by atoms with Crippen molar-refractivity contribution in [1.82, 2.24) is 4.98 Å². The molecule has 0 unspecified atom stereocenters. The first-order valence-corrected chi connectivity index (χ1v) is 8.22. The lowest BCUT2D eigenvalue weighted by molar-refractivity contribution is 0.602. The Hall–Kier alpha value is -1.60. The summed E-state index contributed by atoms with van der Waals surface area (Å²) in [7, 11) is -3.68. The van der Waals surface area contributed by atoms with Crippen LogP contribution in [0.15, 0.2) is 38.8 Å². The molecule has 1 aliphatic carbocycles. The number of thiophene rings is 1. The van der Waals surface area contributed by atoms with Gasteiger partial charge >= 0.3 is 0 Å². The van der Waals surface area contributed by atoms with Gasteiger partial charge in [0.05, 0.1) is 0 Å². The molecule has 0 aromatic carbocycles. The van der Waals surface area contributed by atoms with E-state index in [0.29, 0.717) is 10.1 Å². The molecule has 0 bridgehead atoms. The van der Waals surface area contributed by atoms with Crippen molar-refractivity contribution < 1.29 is 8.42 Å². The van der Waals surface area contributed by atoms with Crippen LogP contribution >= 0.6 is 11.3 Å². The van der Waals surface area contributed by atoms with Crippen molar-refractivity contribution in [2.24, 2.45) is 0 Å². The second-order valence-corrected chi connectivity index (χ2v) is 7.25. The van der Waals surface area contributed by atoms with Gasteiger partial charge in [-0.15, -0.1) is 11.3 Å². The fraction of sp³-hybridized carbons (Fsp3) is 0.250. The second-order valence-electron chi connectivity index (χ2n) is 4.46. The Morgan fingerprint density at radius 1 is 1.32 bits per heavy atom. The summed E-state index contributed by atoms with van der Waals surface area (Å²) in [5.74, 6) is 0.354. The van der Waals surface area contributed by atoms with E-state index in [9.17, 15) is 13.2 Å².